The number of pyridine rings is 1. The predicted octanol–water partition coefficient (Wildman–Crippen LogP) is 1.20. The summed E-state index contributed by atoms with van der Waals surface area (Å²) in [5.74, 6) is 1.10. The molecule has 0 aliphatic carbocycles. The Labute approximate surface area is 152 Å². The van der Waals surface area contributed by atoms with Crippen LogP contribution in [0.1, 0.15) is 30.5 Å². The Balaban J connectivity index is 1.55. The van der Waals surface area contributed by atoms with Gasteiger partial charge in [-0.15, -0.1) is 0 Å². The maximum atomic E-state index is 12.6. The minimum absolute atomic E-state index is 0.0758. The lowest BCUT2D eigenvalue weighted by Crippen LogP contribution is -2.38. The molecule has 3 heterocycles. The van der Waals surface area contributed by atoms with Crippen molar-refractivity contribution in [1.82, 2.24) is 19.4 Å². The van der Waals surface area contributed by atoms with Crippen LogP contribution in [0.25, 0.3) is 0 Å². The molecule has 2 aromatic rings. The van der Waals surface area contributed by atoms with Crippen LogP contribution in [0, 0.1) is 0 Å². The van der Waals surface area contributed by atoms with Crippen LogP contribution in [0.15, 0.2) is 33.9 Å². The highest BCUT2D eigenvalue weighted by Gasteiger charge is 2.31. The van der Waals surface area contributed by atoms with Gasteiger partial charge in [0.05, 0.1) is 13.2 Å². The summed E-state index contributed by atoms with van der Waals surface area (Å²) in [7, 11) is -1.90. The lowest BCUT2D eigenvalue weighted by atomic mass is 9.98. The maximum Gasteiger partial charge on any atom is 0.252 e. The summed E-state index contributed by atoms with van der Waals surface area (Å²) in [4.78, 5) is 8.46. The van der Waals surface area contributed by atoms with Gasteiger partial charge in [0.2, 0.25) is 10.0 Å². The third-order valence-corrected chi connectivity index (χ3v) is 6.11. The van der Waals surface area contributed by atoms with E-state index in [2.05, 4.69) is 15.1 Å². The van der Waals surface area contributed by atoms with E-state index in [1.165, 1.54) is 10.5 Å². The number of piperidine rings is 1. The average Bonchev–Trinajstić information content (AvgIpc) is 3.15. The molecule has 0 atom stereocenters. The van der Waals surface area contributed by atoms with Gasteiger partial charge in [-0.25, -0.2) is 8.42 Å². The Morgan fingerprint density at radius 1 is 1.31 bits per heavy atom. The molecule has 3 rings (SSSR count). The van der Waals surface area contributed by atoms with Crippen LogP contribution in [-0.2, 0) is 26.1 Å². The van der Waals surface area contributed by atoms with Crippen molar-refractivity contribution in [3.63, 3.8) is 0 Å². The SMILES string of the molecule is COCCOCc1nc(C2CCN(S(=O)(=O)c3cccnc3)CC2)no1. The van der Waals surface area contributed by atoms with Crippen molar-refractivity contribution in [2.45, 2.75) is 30.3 Å². The minimum Gasteiger partial charge on any atom is -0.382 e. The second kappa shape index (κ2) is 8.67. The molecule has 0 unspecified atom stereocenters. The highest BCUT2D eigenvalue weighted by molar-refractivity contribution is 7.89. The lowest BCUT2D eigenvalue weighted by Gasteiger charge is -2.29. The quantitative estimate of drug-likeness (QED) is 0.627. The van der Waals surface area contributed by atoms with E-state index >= 15 is 0 Å². The normalized spacial score (nSPS) is 16.8. The van der Waals surface area contributed by atoms with Crippen molar-refractivity contribution in [1.29, 1.82) is 0 Å². The molecule has 10 heteroatoms. The van der Waals surface area contributed by atoms with Gasteiger partial charge in [-0.3, -0.25) is 4.98 Å². The first kappa shape index (κ1) is 18.9. The highest BCUT2D eigenvalue weighted by atomic mass is 32.2. The van der Waals surface area contributed by atoms with Gasteiger partial charge in [0.1, 0.15) is 11.5 Å². The standard InChI is InChI=1S/C16H22N4O5S/c1-23-9-10-24-12-15-18-16(19-25-15)13-4-7-20(8-5-13)26(21,22)14-3-2-6-17-11-14/h2-3,6,11,13H,4-5,7-10,12H2,1H3. The fourth-order valence-corrected chi connectivity index (χ4v) is 4.23. The van der Waals surface area contributed by atoms with Crippen LogP contribution in [0.5, 0.6) is 0 Å². The fourth-order valence-electron chi connectivity index (χ4n) is 2.80. The van der Waals surface area contributed by atoms with Gasteiger partial charge in [0.25, 0.3) is 5.89 Å². The van der Waals surface area contributed by atoms with Gasteiger partial charge in [-0.1, -0.05) is 5.16 Å². The van der Waals surface area contributed by atoms with Crippen molar-refractivity contribution in [2.75, 3.05) is 33.4 Å². The van der Waals surface area contributed by atoms with E-state index in [-0.39, 0.29) is 17.4 Å². The first-order valence-electron chi connectivity index (χ1n) is 8.40. The first-order valence-corrected chi connectivity index (χ1v) is 9.84. The lowest BCUT2D eigenvalue weighted by molar-refractivity contribution is 0.0494. The molecule has 1 aliphatic heterocycles. The number of sulfonamides is 1. The smallest absolute Gasteiger partial charge is 0.252 e. The summed E-state index contributed by atoms with van der Waals surface area (Å²) >= 11 is 0. The van der Waals surface area contributed by atoms with E-state index in [0.717, 1.165) is 0 Å². The predicted molar refractivity (Wildman–Crippen MR) is 90.8 cm³/mol. The molecule has 1 saturated heterocycles. The van der Waals surface area contributed by atoms with Crippen LogP contribution < -0.4 is 0 Å². The molecule has 0 aromatic carbocycles. The van der Waals surface area contributed by atoms with Crippen LogP contribution in [0.3, 0.4) is 0 Å². The summed E-state index contributed by atoms with van der Waals surface area (Å²) in [6.45, 7) is 2.03. The summed E-state index contributed by atoms with van der Waals surface area (Å²) in [6, 6.07) is 3.18. The average molecular weight is 382 g/mol. The number of nitrogens with zero attached hydrogens (tertiary/aromatic N) is 4. The summed E-state index contributed by atoms with van der Waals surface area (Å²) in [5, 5.41) is 4.01. The maximum absolute atomic E-state index is 12.6. The zero-order valence-corrected chi connectivity index (χ0v) is 15.4. The van der Waals surface area contributed by atoms with Gasteiger partial charge in [-0.2, -0.15) is 9.29 Å². The Morgan fingerprint density at radius 2 is 2.12 bits per heavy atom. The van der Waals surface area contributed by atoms with E-state index in [9.17, 15) is 8.42 Å². The second-order valence-electron chi connectivity index (χ2n) is 5.96. The number of hydrogen-bond acceptors (Lipinski definition) is 8. The van der Waals surface area contributed by atoms with Crippen LogP contribution in [0.2, 0.25) is 0 Å². The highest BCUT2D eigenvalue weighted by Crippen LogP contribution is 2.29. The largest absolute Gasteiger partial charge is 0.382 e. The number of aromatic nitrogens is 3. The van der Waals surface area contributed by atoms with Crippen LogP contribution in [0.4, 0.5) is 0 Å². The van der Waals surface area contributed by atoms with Crippen LogP contribution in [-0.4, -0.2) is 61.3 Å². The van der Waals surface area contributed by atoms with Gasteiger partial charge < -0.3 is 14.0 Å². The monoisotopic (exact) mass is 382 g/mol. The zero-order chi connectivity index (χ0) is 18.4. The molecule has 26 heavy (non-hydrogen) atoms. The molecule has 0 amide bonds. The van der Waals surface area contributed by atoms with Gasteiger partial charge in [0, 0.05) is 38.5 Å². The van der Waals surface area contributed by atoms with Gasteiger partial charge in [0.15, 0.2) is 5.82 Å². The Hall–Kier alpha value is -1.88. The Bertz CT molecular complexity index is 788. The molecule has 0 bridgehead atoms. The molecular weight excluding hydrogens is 360 g/mol. The molecule has 2 aromatic heterocycles. The van der Waals surface area contributed by atoms with Crippen molar-refractivity contribution >= 4 is 10.0 Å². The topological polar surface area (TPSA) is 108 Å². The summed E-state index contributed by atoms with van der Waals surface area (Å²) < 4.78 is 42.2. The minimum atomic E-state index is -3.51. The van der Waals surface area contributed by atoms with E-state index in [1.54, 1.807) is 25.4 Å². The van der Waals surface area contributed by atoms with E-state index in [4.69, 9.17) is 14.0 Å². The molecule has 0 N–H and O–H groups in total. The summed E-state index contributed by atoms with van der Waals surface area (Å²) in [5.41, 5.74) is 0. The van der Waals surface area contributed by atoms with E-state index in [1.807, 2.05) is 0 Å². The molecule has 0 saturated carbocycles. The third kappa shape index (κ3) is 4.44. The molecule has 1 aliphatic rings. The van der Waals surface area contributed by atoms with Crippen molar-refractivity contribution in [3.8, 4) is 0 Å². The van der Waals surface area contributed by atoms with Crippen molar-refractivity contribution in [2.24, 2.45) is 0 Å². The van der Waals surface area contributed by atoms with Crippen molar-refractivity contribution in [3.05, 3.63) is 36.2 Å². The summed E-state index contributed by atoms with van der Waals surface area (Å²) in [6.07, 6.45) is 4.21. The first-order chi connectivity index (χ1) is 12.6. The Kier molecular flexibility index (Phi) is 6.30. The molecule has 9 nitrogen and oxygen atoms in total. The Morgan fingerprint density at radius 3 is 2.81 bits per heavy atom. The molecule has 142 valence electrons. The number of hydrogen-bond donors (Lipinski definition) is 0. The number of ether oxygens (including phenoxy) is 2. The van der Waals surface area contributed by atoms with Crippen LogP contribution >= 0.6 is 0 Å². The van der Waals surface area contributed by atoms with Gasteiger partial charge in [-0.05, 0) is 25.0 Å². The number of methoxy groups -OCH3 is 1. The fraction of sp³-hybridized carbons (Fsp3) is 0.562. The molecule has 0 radical (unpaired) electrons. The molecule has 1 fully saturated rings. The zero-order valence-electron chi connectivity index (χ0n) is 14.6. The van der Waals surface area contributed by atoms with Crippen molar-refractivity contribution < 1.29 is 22.4 Å². The molecular formula is C16H22N4O5S. The second-order valence-corrected chi connectivity index (χ2v) is 7.90. The van der Waals surface area contributed by atoms with E-state index in [0.29, 0.717) is 50.9 Å². The molecule has 0 spiro atoms. The third-order valence-electron chi connectivity index (χ3n) is 4.23. The van der Waals surface area contributed by atoms with Gasteiger partial charge >= 0.3 is 0 Å². The van der Waals surface area contributed by atoms with E-state index < -0.39 is 10.0 Å². The number of rotatable bonds is 8.